The van der Waals surface area contributed by atoms with Gasteiger partial charge in [-0.25, -0.2) is 4.79 Å². The normalized spacial score (nSPS) is 50.3. The molecule has 1 saturated heterocycles. The molecule has 0 aromatic heterocycles. The third-order valence-electron chi connectivity index (χ3n) is 12.3. The van der Waals surface area contributed by atoms with Crippen LogP contribution < -0.4 is 0 Å². The number of ketones is 1. The molecule has 0 aromatic rings. The fraction of sp³-hybridized carbons (Fsp3) is 0.833. The van der Waals surface area contributed by atoms with Crippen molar-refractivity contribution in [2.75, 3.05) is 6.61 Å². The van der Waals surface area contributed by atoms with Gasteiger partial charge in [0.1, 0.15) is 30.2 Å². The highest BCUT2D eigenvalue weighted by molar-refractivity contribution is 5.91. The van der Waals surface area contributed by atoms with Crippen LogP contribution in [0.15, 0.2) is 11.1 Å². The van der Waals surface area contributed by atoms with Crippen LogP contribution in [0.3, 0.4) is 0 Å². The Morgan fingerprint density at radius 3 is 2.55 bits per heavy atom. The number of carbonyl (C=O) groups is 3. The number of fused-ring (bicyclic) bond motifs is 4. The summed E-state index contributed by atoms with van der Waals surface area (Å²) in [4.78, 5) is 37.6. The number of aliphatic hydroxyl groups excluding tert-OH is 2. The van der Waals surface area contributed by atoms with Crippen LogP contribution in [0.4, 0.5) is 0 Å². The van der Waals surface area contributed by atoms with Crippen molar-refractivity contribution in [3.63, 3.8) is 0 Å². The maximum absolute atomic E-state index is 13.5. The molecule has 0 bridgehead atoms. The average Bonchev–Trinajstić information content (AvgIpc) is 3.48. The van der Waals surface area contributed by atoms with Gasteiger partial charge >= 0.3 is 11.9 Å². The van der Waals surface area contributed by atoms with Crippen molar-refractivity contribution < 1.29 is 38.8 Å². The van der Waals surface area contributed by atoms with E-state index in [-0.39, 0.29) is 54.2 Å². The first-order chi connectivity index (χ1) is 17.9. The molecule has 0 aromatic carbocycles. The van der Waals surface area contributed by atoms with E-state index in [9.17, 15) is 24.6 Å². The summed E-state index contributed by atoms with van der Waals surface area (Å²) in [5.41, 5.74) is -0.228. The highest BCUT2D eigenvalue weighted by Crippen LogP contribution is 2.73. The molecule has 4 saturated carbocycles. The topological polar surface area (TPSA) is 123 Å². The third-order valence-corrected chi connectivity index (χ3v) is 12.3. The van der Waals surface area contributed by atoms with Crippen molar-refractivity contribution in [3.05, 3.63) is 11.1 Å². The fourth-order valence-corrected chi connectivity index (χ4v) is 10.2. The monoisotopic (exact) mass is 530 g/mol. The van der Waals surface area contributed by atoms with Crippen LogP contribution >= 0.6 is 0 Å². The summed E-state index contributed by atoms with van der Waals surface area (Å²) in [5.74, 6) is 0.746. The first-order valence-corrected chi connectivity index (χ1v) is 14.5. The molecule has 6 aliphatic rings. The number of ether oxygens (including phenoxy) is 3. The standard InChI is InChI=1S/C30H42O8/c1-14-10-23(37-27(35)18(14)13-36-16(3)31)15(2)19-6-7-20-17-11-25-30(38-25)26(34)22(32)12-24(33)29(30,5)21(17)8-9-28(19,20)4/h15,17,19-23,25-26,32,34H,6-13H2,1-5H3/t15-,17-,19+,20-,21-,22-,23+,25+,26-,28+,29-,30-/m0/s1. The lowest BCUT2D eigenvalue weighted by molar-refractivity contribution is -0.180. The number of aliphatic hydroxyl groups is 2. The van der Waals surface area contributed by atoms with Crippen molar-refractivity contribution in [1.82, 2.24) is 0 Å². The van der Waals surface area contributed by atoms with Crippen molar-refractivity contribution in [1.29, 1.82) is 0 Å². The first kappa shape index (κ1) is 26.5. The van der Waals surface area contributed by atoms with Gasteiger partial charge in [0.15, 0.2) is 0 Å². The summed E-state index contributed by atoms with van der Waals surface area (Å²) in [5, 5.41) is 21.4. The molecule has 0 amide bonds. The second kappa shape index (κ2) is 8.61. The Bertz CT molecular complexity index is 1100. The Hall–Kier alpha value is -1.77. The molecule has 2 N–H and O–H groups in total. The van der Waals surface area contributed by atoms with Crippen LogP contribution in [0.2, 0.25) is 0 Å². The van der Waals surface area contributed by atoms with Crippen molar-refractivity contribution in [2.45, 2.75) is 110 Å². The van der Waals surface area contributed by atoms with Crippen LogP contribution in [0.25, 0.3) is 0 Å². The second-order valence-corrected chi connectivity index (χ2v) is 13.6. The lowest BCUT2D eigenvalue weighted by atomic mass is 9.43. The molecular weight excluding hydrogens is 488 g/mol. The molecule has 6 rings (SSSR count). The zero-order valence-electron chi connectivity index (χ0n) is 23.2. The summed E-state index contributed by atoms with van der Waals surface area (Å²) in [6.07, 6.45) is 3.07. The lowest BCUT2D eigenvalue weighted by Gasteiger charge is -2.59. The zero-order chi connectivity index (χ0) is 27.4. The first-order valence-electron chi connectivity index (χ1n) is 14.5. The molecule has 38 heavy (non-hydrogen) atoms. The number of hydrogen-bond donors (Lipinski definition) is 2. The molecule has 8 heteroatoms. The number of rotatable bonds is 4. The summed E-state index contributed by atoms with van der Waals surface area (Å²) < 4.78 is 17.2. The Labute approximate surface area is 224 Å². The molecular formula is C30H42O8. The van der Waals surface area contributed by atoms with Gasteiger partial charge in [0.05, 0.1) is 23.2 Å². The molecule has 0 radical (unpaired) electrons. The Kier molecular flexibility index (Phi) is 6.00. The van der Waals surface area contributed by atoms with Crippen LogP contribution in [-0.4, -0.2) is 64.6 Å². The summed E-state index contributed by atoms with van der Waals surface area (Å²) in [7, 11) is 0. The van der Waals surface area contributed by atoms with E-state index in [1.807, 2.05) is 13.8 Å². The maximum Gasteiger partial charge on any atom is 0.337 e. The van der Waals surface area contributed by atoms with E-state index in [0.717, 1.165) is 37.7 Å². The van der Waals surface area contributed by atoms with Gasteiger partial charge in [0, 0.05) is 19.8 Å². The SMILES string of the molecule is CC(=O)OCC1=C(C)C[C@H]([C@@H](C)[C@H]2CC[C@H]3[C@@H]4C[C@H]5O[C@]56[C@@H](O)[C@@H](O)CC(=O)[C@]6(C)[C@H]4CC[C@]23C)OC1=O. The highest BCUT2D eigenvalue weighted by Gasteiger charge is 2.82. The van der Waals surface area contributed by atoms with Crippen LogP contribution in [-0.2, 0) is 28.6 Å². The van der Waals surface area contributed by atoms with Gasteiger partial charge in [-0.1, -0.05) is 19.4 Å². The minimum Gasteiger partial charge on any atom is -0.461 e. The molecule has 1 spiro atoms. The van der Waals surface area contributed by atoms with Crippen molar-refractivity contribution in [3.8, 4) is 0 Å². The van der Waals surface area contributed by atoms with E-state index >= 15 is 0 Å². The van der Waals surface area contributed by atoms with Crippen molar-refractivity contribution >= 4 is 17.7 Å². The van der Waals surface area contributed by atoms with E-state index < -0.39 is 29.2 Å². The van der Waals surface area contributed by atoms with Gasteiger partial charge in [-0.3, -0.25) is 9.59 Å². The van der Waals surface area contributed by atoms with E-state index in [1.54, 1.807) is 0 Å². The minimum atomic E-state index is -1.05. The average molecular weight is 531 g/mol. The predicted octanol–water partition coefficient (Wildman–Crippen LogP) is 3.12. The van der Waals surface area contributed by atoms with Crippen LogP contribution in [0.1, 0.15) is 79.6 Å². The minimum absolute atomic E-state index is 0.000326. The van der Waals surface area contributed by atoms with E-state index in [2.05, 4.69) is 13.8 Å². The molecule has 8 nitrogen and oxygen atoms in total. The summed E-state index contributed by atoms with van der Waals surface area (Å²) >= 11 is 0. The lowest BCUT2D eigenvalue weighted by Crippen LogP contribution is -2.68. The Morgan fingerprint density at radius 2 is 1.87 bits per heavy atom. The van der Waals surface area contributed by atoms with E-state index in [0.29, 0.717) is 29.7 Å². The number of carbonyl (C=O) groups excluding carboxylic acids is 3. The van der Waals surface area contributed by atoms with Crippen molar-refractivity contribution in [2.24, 2.45) is 40.4 Å². The smallest absolute Gasteiger partial charge is 0.337 e. The fourth-order valence-electron chi connectivity index (χ4n) is 10.2. The van der Waals surface area contributed by atoms with E-state index in [1.165, 1.54) is 6.92 Å². The van der Waals surface area contributed by atoms with Crippen LogP contribution in [0.5, 0.6) is 0 Å². The third kappa shape index (κ3) is 3.35. The molecule has 12 atom stereocenters. The van der Waals surface area contributed by atoms with Gasteiger partial charge in [-0.2, -0.15) is 0 Å². The molecule has 4 aliphatic carbocycles. The largest absolute Gasteiger partial charge is 0.461 e. The predicted molar refractivity (Wildman–Crippen MR) is 135 cm³/mol. The Morgan fingerprint density at radius 1 is 1.13 bits per heavy atom. The van der Waals surface area contributed by atoms with Gasteiger partial charge in [0.2, 0.25) is 0 Å². The van der Waals surface area contributed by atoms with Gasteiger partial charge in [-0.15, -0.1) is 0 Å². The number of Topliss-reactive ketones (excluding diaryl/α,β-unsaturated/α-hetero) is 1. The number of esters is 2. The Balaban J connectivity index is 1.22. The van der Waals surface area contributed by atoms with E-state index in [4.69, 9.17) is 14.2 Å². The second-order valence-electron chi connectivity index (χ2n) is 13.6. The maximum atomic E-state index is 13.5. The van der Waals surface area contributed by atoms with Gasteiger partial charge < -0.3 is 24.4 Å². The van der Waals surface area contributed by atoms with Gasteiger partial charge in [0.25, 0.3) is 0 Å². The summed E-state index contributed by atoms with van der Waals surface area (Å²) in [6, 6.07) is 0. The molecule has 2 aliphatic heterocycles. The molecule has 2 heterocycles. The number of epoxide rings is 1. The number of hydrogen-bond acceptors (Lipinski definition) is 8. The molecule has 0 unspecified atom stereocenters. The number of cyclic esters (lactones) is 1. The zero-order valence-corrected chi connectivity index (χ0v) is 23.2. The molecule has 210 valence electrons. The quantitative estimate of drug-likeness (QED) is 0.420. The summed E-state index contributed by atoms with van der Waals surface area (Å²) in [6.45, 7) is 9.84. The highest BCUT2D eigenvalue weighted by atomic mass is 16.6. The van der Waals surface area contributed by atoms with Crippen LogP contribution in [0, 0.1) is 40.4 Å². The van der Waals surface area contributed by atoms with Gasteiger partial charge in [-0.05, 0) is 81.0 Å². The molecule has 5 fully saturated rings.